The number of nitrogens with zero attached hydrogens (tertiary/aromatic N) is 1. The first-order valence-corrected chi connectivity index (χ1v) is 4.60. The number of hydrogen-bond donors (Lipinski definition) is 0. The molecule has 4 heteroatoms. The molecule has 0 spiro atoms. The molecule has 0 unspecified atom stereocenters. The first-order valence-electron chi connectivity index (χ1n) is 4.60. The summed E-state index contributed by atoms with van der Waals surface area (Å²) in [7, 11) is 0. The third-order valence-electron chi connectivity index (χ3n) is 2.46. The Labute approximate surface area is 80.7 Å². The van der Waals surface area contributed by atoms with Gasteiger partial charge in [-0.3, -0.25) is 10.1 Å². The summed E-state index contributed by atoms with van der Waals surface area (Å²) in [5, 5.41) is 10.4. The summed E-state index contributed by atoms with van der Waals surface area (Å²) in [6.45, 7) is 0. The van der Waals surface area contributed by atoms with Crippen molar-refractivity contribution in [3.63, 3.8) is 0 Å². The second kappa shape index (κ2) is 3.36. The minimum atomic E-state index is -0.675. The number of halogens is 1. The van der Waals surface area contributed by atoms with Crippen molar-refractivity contribution in [1.82, 2.24) is 0 Å². The minimum absolute atomic E-state index is 0.414. The first-order chi connectivity index (χ1) is 6.68. The van der Waals surface area contributed by atoms with Crippen LogP contribution in [-0.4, -0.2) is 4.92 Å². The predicted molar refractivity (Wildman–Crippen MR) is 49.5 cm³/mol. The monoisotopic (exact) mass is 195 g/mol. The lowest BCUT2D eigenvalue weighted by atomic mass is 10.1. The van der Waals surface area contributed by atoms with E-state index in [1.54, 1.807) is 12.1 Å². The van der Waals surface area contributed by atoms with E-state index in [1.165, 1.54) is 6.07 Å². The van der Waals surface area contributed by atoms with Crippen molar-refractivity contribution in [3.8, 4) is 0 Å². The van der Waals surface area contributed by atoms with Gasteiger partial charge in [0.2, 0.25) is 5.82 Å². The summed E-state index contributed by atoms with van der Waals surface area (Å²) < 4.78 is 13.5. The standard InChI is InChI=1S/C10H10FNO2/c11-10-8(6-7-4-5-7)2-1-3-9(10)12(13)14/h1-3,7H,4-6H2. The van der Waals surface area contributed by atoms with Gasteiger partial charge < -0.3 is 0 Å². The van der Waals surface area contributed by atoms with Crippen molar-refractivity contribution in [2.24, 2.45) is 5.92 Å². The van der Waals surface area contributed by atoms with Crippen LogP contribution < -0.4 is 0 Å². The zero-order valence-corrected chi connectivity index (χ0v) is 7.57. The highest BCUT2D eigenvalue weighted by molar-refractivity contribution is 5.37. The van der Waals surface area contributed by atoms with E-state index in [-0.39, 0.29) is 0 Å². The Hall–Kier alpha value is -1.45. The summed E-state index contributed by atoms with van der Waals surface area (Å²) in [6, 6.07) is 4.37. The number of nitro groups is 1. The molecule has 74 valence electrons. The molecule has 0 N–H and O–H groups in total. The molecule has 1 aliphatic rings. The van der Waals surface area contributed by atoms with E-state index in [4.69, 9.17) is 0 Å². The Morgan fingerprint density at radius 2 is 2.21 bits per heavy atom. The van der Waals surface area contributed by atoms with E-state index in [0.29, 0.717) is 17.9 Å². The molecule has 1 aromatic rings. The molecule has 0 saturated heterocycles. The van der Waals surface area contributed by atoms with Gasteiger partial charge in [0.25, 0.3) is 0 Å². The fourth-order valence-electron chi connectivity index (χ4n) is 1.50. The second-order valence-corrected chi connectivity index (χ2v) is 3.65. The molecule has 14 heavy (non-hydrogen) atoms. The number of rotatable bonds is 3. The minimum Gasteiger partial charge on any atom is -0.258 e. The van der Waals surface area contributed by atoms with Crippen LogP contribution in [0, 0.1) is 21.8 Å². The summed E-state index contributed by atoms with van der Waals surface area (Å²) in [5.74, 6) is -0.129. The molecule has 3 nitrogen and oxygen atoms in total. The summed E-state index contributed by atoms with van der Waals surface area (Å²) >= 11 is 0. The van der Waals surface area contributed by atoms with E-state index in [1.807, 2.05) is 0 Å². The van der Waals surface area contributed by atoms with Gasteiger partial charge in [0.15, 0.2) is 0 Å². The topological polar surface area (TPSA) is 43.1 Å². The van der Waals surface area contributed by atoms with Crippen LogP contribution in [0.4, 0.5) is 10.1 Å². The van der Waals surface area contributed by atoms with Crippen molar-refractivity contribution in [2.75, 3.05) is 0 Å². The Morgan fingerprint density at radius 1 is 1.50 bits per heavy atom. The van der Waals surface area contributed by atoms with E-state index in [0.717, 1.165) is 12.8 Å². The molecule has 2 rings (SSSR count). The Kier molecular flexibility index (Phi) is 2.19. The molecule has 0 atom stereocenters. The Morgan fingerprint density at radius 3 is 2.79 bits per heavy atom. The summed E-state index contributed by atoms with van der Waals surface area (Å²) in [6.07, 6.45) is 2.86. The van der Waals surface area contributed by atoms with Gasteiger partial charge in [0.05, 0.1) is 4.92 Å². The number of nitro benzene ring substituents is 1. The van der Waals surface area contributed by atoms with Gasteiger partial charge in [-0.1, -0.05) is 12.1 Å². The van der Waals surface area contributed by atoms with Gasteiger partial charge in [-0.05, 0) is 30.7 Å². The number of benzene rings is 1. The molecule has 0 aromatic heterocycles. The average molecular weight is 195 g/mol. The van der Waals surface area contributed by atoms with Gasteiger partial charge in [0, 0.05) is 6.07 Å². The molecule has 1 fully saturated rings. The van der Waals surface area contributed by atoms with Crippen molar-refractivity contribution in [3.05, 3.63) is 39.7 Å². The van der Waals surface area contributed by atoms with Gasteiger partial charge in [-0.2, -0.15) is 4.39 Å². The maximum atomic E-state index is 13.5. The van der Waals surface area contributed by atoms with Crippen LogP contribution in [0.5, 0.6) is 0 Å². The largest absolute Gasteiger partial charge is 0.305 e. The lowest BCUT2D eigenvalue weighted by Crippen LogP contribution is -1.98. The van der Waals surface area contributed by atoms with Crippen LogP contribution in [0.25, 0.3) is 0 Å². The highest BCUT2D eigenvalue weighted by Gasteiger charge is 2.25. The molecule has 1 aliphatic carbocycles. The second-order valence-electron chi connectivity index (χ2n) is 3.65. The Balaban J connectivity index is 2.30. The van der Waals surface area contributed by atoms with Crippen LogP contribution in [0.3, 0.4) is 0 Å². The van der Waals surface area contributed by atoms with E-state index in [9.17, 15) is 14.5 Å². The zero-order valence-electron chi connectivity index (χ0n) is 7.57. The lowest BCUT2D eigenvalue weighted by molar-refractivity contribution is -0.387. The fraction of sp³-hybridized carbons (Fsp3) is 0.400. The average Bonchev–Trinajstić information content (AvgIpc) is 2.92. The van der Waals surface area contributed by atoms with Gasteiger partial charge in [0.1, 0.15) is 0 Å². The molecule has 0 heterocycles. The predicted octanol–water partition coefficient (Wildman–Crippen LogP) is 2.69. The maximum absolute atomic E-state index is 13.5. The van der Waals surface area contributed by atoms with Crippen LogP contribution in [0.15, 0.2) is 18.2 Å². The number of hydrogen-bond acceptors (Lipinski definition) is 2. The van der Waals surface area contributed by atoms with Crippen molar-refractivity contribution >= 4 is 5.69 Å². The summed E-state index contributed by atoms with van der Waals surface area (Å²) in [5.41, 5.74) is 0.0600. The third kappa shape index (κ3) is 1.73. The van der Waals surface area contributed by atoms with E-state index >= 15 is 0 Å². The van der Waals surface area contributed by atoms with Crippen LogP contribution in [0.1, 0.15) is 18.4 Å². The van der Waals surface area contributed by atoms with E-state index < -0.39 is 16.4 Å². The highest BCUT2D eigenvalue weighted by atomic mass is 19.1. The molecular formula is C10H10FNO2. The van der Waals surface area contributed by atoms with Gasteiger partial charge in [-0.15, -0.1) is 0 Å². The van der Waals surface area contributed by atoms with Crippen molar-refractivity contribution < 1.29 is 9.31 Å². The molecule has 0 aliphatic heterocycles. The van der Waals surface area contributed by atoms with Crippen molar-refractivity contribution in [2.45, 2.75) is 19.3 Å². The first kappa shape index (κ1) is 9.12. The maximum Gasteiger partial charge on any atom is 0.305 e. The normalized spacial score (nSPS) is 15.5. The highest BCUT2D eigenvalue weighted by Crippen LogP contribution is 2.34. The lowest BCUT2D eigenvalue weighted by Gasteiger charge is -2.01. The molecule has 0 bridgehead atoms. The van der Waals surface area contributed by atoms with Crippen LogP contribution >= 0.6 is 0 Å². The quantitative estimate of drug-likeness (QED) is 0.549. The fourth-order valence-corrected chi connectivity index (χ4v) is 1.50. The van der Waals surface area contributed by atoms with Crippen LogP contribution in [-0.2, 0) is 6.42 Å². The van der Waals surface area contributed by atoms with Crippen LogP contribution in [0.2, 0.25) is 0 Å². The summed E-state index contributed by atoms with van der Waals surface area (Å²) in [4.78, 5) is 9.77. The molecule has 0 amide bonds. The molecule has 1 saturated carbocycles. The SMILES string of the molecule is O=[N+]([O-])c1cccc(CC2CC2)c1F. The molecule has 0 radical (unpaired) electrons. The molecule has 1 aromatic carbocycles. The smallest absolute Gasteiger partial charge is 0.258 e. The van der Waals surface area contributed by atoms with Gasteiger partial charge in [-0.25, -0.2) is 0 Å². The zero-order chi connectivity index (χ0) is 10.1. The Bertz CT molecular complexity index is 374. The van der Waals surface area contributed by atoms with Crippen molar-refractivity contribution in [1.29, 1.82) is 0 Å². The third-order valence-corrected chi connectivity index (χ3v) is 2.46. The molecular weight excluding hydrogens is 185 g/mol. The van der Waals surface area contributed by atoms with Gasteiger partial charge >= 0.3 is 5.69 Å². The van der Waals surface area contributed by atoms with E-state index in [2.05, 4.69) is 0 Å².